The van der Waals surface area contributed by atoms with E-state index in [-0.39, 0.29) is 24.0 Å². The van der Waals surface area contributed by atoms with Crippen molar-refractivity contribution in [1.82, 2.24) is 9.80 Å². The lowest BCUT2D eigenvalue weighted by atomic mass is 10.2. The predicted molar refractivity (Wildman–Crippen MR) is 107 cm³/mol. The average Bonchev–Trinajstić information content (AvgIpc) is 3.05. The van der Waals surface area contributed by atoms with Crippen LogP contribution in [-0.2, 0) is 4.79 Å². The number of likely N-dealkylation sites (N-methyl/N-ethyl adjacent to an activating group) is 1. The first kappa shape index (κ1) is 20.5. The molecule has 0 bridgehead atoms. The summed E-state index contributed by atoms with van der Waals surface area (Å²) in [6.07, 6.45) is 0. The van der Waals surface area contributed by atoms with Crippen molar-refractivity contribution in [3.8, 4) is 0 Å². The zero-order chi connectivity index (χ0) is 21.1. The van der Waals surface area contributed by atoms with E-state index in [9.17, 15) is 19.7 Å². The van der Waals surface area contributed by atoms with Crippen molar-refractivity contribution in [3.05, 3.63) is 57.5 Å². The molecule has 9 nitrogen and oxygen atoms in total. The van der Waals surface area contributed by atoms with Gasteiger partial charge in [0.05, 0.1) is 17.0 Å². The lowest BCUT2D eigenvalue weighted by molar-refractivity contribution is -0.384. The summed E-state index contributed by atoms with van der Waals surface area (Å²) in [7, 11) is 1.65. The molecule has 0 spiro atoms. The number of anilines is 1. The van der Waals surface area contributed by atoms with Crippen LogP contribution in [0.15, 0.2) is 34.7 Å². The van der Waals surface area contributed by atoms with Crippen LogP contribution >= 0.6 is 0 Å². The maximum absolute atomic E-state index is 12.7. The molecule has 1 fully saturated rings. The fraction of sp³-hybridized carbons (Fsp3) is 0.400. The third kappa shape index (κ3) is 4.62. The van der Waals surface area contributed by atoms with Crippen LogP contribution in [0.1, 0.15) is 21.9 Å². The summed E-state index contributed by atoms with van der Waals surface area (Å²) < 4.78 is 5.44. The van der Waals surface area contributed by atoms with Crippen molar-refractivity contribution < 1.29 is 18.9 Å². The highest BCUT2D eigenvalue weighted by molar-refractivity contribution is 5.96. The summed E-state index contributed by atoms with van der Waals surface area (Å²) in [5.41, 5.74) is 1.17. The lowest BCUT2D eigenvalue weighted by Gasteiger charge is -2.35. The first-order chi connectivity index (χ1) is 13.8. The monoisotopic (exact) mass is 400 g/mol. The fourth-order valence-electron chi connectivity index (χ4n) is 3.36. The molecule has 154 valence electrons. The Labute approximate surface area is 168 Å². The molecule has 29 heavy (non-hydrogen) atoms. The zero-order valence-electron chi connectivity index (χ0n) is 16.8. The Hall–Kier alpha value is -3.20. The van der Waals surface area contributed by atoms with Crippen LogP contribution in [0.5, 0.6) is 0 Å². The minimum Gasteiger partial charge on any atom is -0.466 e. The first-order valence-corrected chi connectivity index (χ1v) is 9.36. The molecule has 2 heterocycles. The van der Waals surface area contributed by atoms with E-state index < -0.39 is 4.92 Å². The van der Waals surface area contributed by atoms with Gasteiger partial charge < -0.3 is 14.2 Å². The highest BCUT2D eigenvalue weighted by atomic mass is 16.6. The van der Waals surface area contributed by atoms with Crippen LogP contribution in [0.3, 0.4) is 0 Å². The van der Waals surface area contributed by atoms with Gasteiger partial charge in [-0.3, -0.25) is 24.6 Å². The average molecular weight is 400 g/mol. The Morgan fingerprint density at radius 1 is 1.14 bits per heavy atom. The van der Waals surface area contributed by atoms with E-state index >= 15 is 0 Å². The molecule has 2 aromatic rings. The summed E-state index contributed by atoms with van der Waals surface area (Å²) in [6, 6.07) is 7.63. The number of nitro benzene ring substituents is 1. The SMILES string of the molecule is Cc1cc(C(=O)N2CCN(CC(=O)N(C)c3ccc([N+](=O)[O-])cc3)CC2)c(C)o1. The van der Waals surface area contributed by atoms with Crippen LogP contribution < -0.4 is 4.90 Å². The lowest BCUT2D eigenvalue weighted by Crippen LogP contribution is -2.51. The normalized spacial score (nSPS) is 14.7. The summed E-state index contributed by atoms with van der Waals surface area (Å²) in [6.45, 7) is 6.09. The van der Waals surface area contributed by atoms with E-state index in [4.69, 9.17) is 4.42 Å². The van der Waals surface area contributed by atoms with E-state index in [1.54, 1.807) is 37.1 Å². The van der Waals surface area contributed by atoms with Gasteiger partial charge in [-0.2, -0.15) is 0 Å². The van der Waals surface area contributed by atoms with Gasteiger partial charge in [-0.15, -0.1) is 0 Å². The Bertz CT molecular complexity index is 913. The second-order valence-corrected chi connectivity index (χ2v) is 7.12. The van der Waals surface area contributed by atoms with Crippen molar-refractivity contribution in [2.24, 2.45) is 0 Å². The fourth-order valence-corrected chi connectivity index (χ4v) is 3.36. The number of nitro groups is 1. The number of benzene rings is 1. The molecule has 0 radical (unpaired) electrons. The molecule has 0 N–H and O–H groups in total. The third-order valence-corrected chi connectivity index (χ3v) is 5.11. The molecule has 1 aliphatic rings. The Balaban J connectivity index is 1.53. The number of rotatable bonds is 5. The standard InChI is InChI=1S/C20H24N4O5/c1-14-12-18(15(2)29-14)20(26)23-10-8-22(9-11-23)13-19(25)21(3)16-4-6-17(7-5-16)24(27)28/h4-7,12H,8-11,13H2,1-3H3. The Kier molecular flexibility index (Phi) is 5.97. The van der Waals surface area contributed by atoms with Gasteiger partial charge in [0.15, 0.2) is 0 Å². The van der Waals surface area contributed by atoms with Gasteiger partial charge in [0.25, 0.3) is 11.6 Å². The molecule has 1 aromatic heterocycles. The van der Waals surface area contributed by atoms with Crippen LogP contribution in [0, 0.1) is 24.0 Å². The molecule has 3 rings (SSSR count). The summed E-state index contributed by atoms with van der Waals surface area (Å²) >= 11 is 0. The molecule has 0 aliphatic carbocycles. The number of amides is 2. The maximum Gasteiger partial charge on any atom is 0.269 e. The minimum atomic E-state index is -0.473. The van der Waals surface area contributed by atoms with E-state index in [0.29, 0.717) is 49.0 Å². The summed E-state index contributed by atoms with van der Waals surface area (Å²) in [4.78, 5) is 40.8. The van der Waals surface area contributed by atoms with E-state index in [1.807, 2.05) is 11.8 Å². The molecule has 1 saturated heterocycles. The second kappa shape index (κ2) is 8.44. The van der Waals surface area contributed by atoms with Crippen LogP contribution in [0.25, 0.3) is 0 Å². The van der Waals surface area contributed by atoms with Gasteiger partial charge in [0.1, 0.15) is 11.5 Å². The minimum absolute atomic E-state index is 0.0153. The van der Waals surface area contributed by atoms with Gasteiger partial charge >= 0.3 is 0 Å². The topological polar surface area (TPSA) is 100 Å². The van der Waals surface area contributed by atoms with E-state index in [1.165, 1.54) is 17.0 Å². The molecular weight excluding hydrogens is 376 g/mol. The number of nitrogens with zero attached hydrogens (tertiary/aromatic N) is 4. The predicted octanol–water partition coefficient (Wildman–Crippen LogP) is 2.23. The number of hydrogen-bond donors (Lipinski definition) is 0. The number of carbonyl (C=O) groups is 2. The van der Waals surface area contributed by atoms with Gasteiger partial charge in [0.2, 0.25) is 5.91 Å². The van der Waals surface area contributed by atoms with Crippen LogP contribution in [0.4, 0.5) is 11.4 Å². The van der Waals surface area contributed by atoms with Crippen molar-refractivity contribution in [2.45, 2.75) is 13.8 Å². The largest absolute Gasteiger partial charge is 0.466 e. The summed E-state index contributed by atoms with van der Waals surface area (Å²) in [5, 5.41) is 10.7. The van der Waals surface area contributed by atoms with Gasteiger partial charge in [0, 0.05) is 51.0 Å². The molecular formula is C20H24N4O5. The number of hydrogen-bond acceptors (Lipinski definition) is 6. The highest BCUT2D eigenvalue weighted by Crippen LogP contribution is 2.19. The smallest absolute Gasteiger partial charge is 0.269 e. The molecule has 1 aliphatic heterocycles. The van der Waals surface area contributed by atoms with Crippen LogP contribution in [-0.4, -0.2) is 66.3 Å². The van der Waals surface area contributed by atoms with Crippen molar-refractivity contribution in [3.63, 3.8) is 0 Å². The second-order valence-electron chi connectivity index (χ2n) is 7.12. The Morgan fingerprint density at radius 2 is 1.76 bits per heavy atom. The quantitative estimate of drug-likeness (QED) is 0.564. The first-order valence-electron chi connectivity index (χ1n) is 9.36. The number of piperazine rings is 1. The summed E-state index contributed by atoms with van der Waals surface area (Å²) in [5.74, 6) is 1.17. The number of aryl methyl sites for hydroxylation is 2. The zero-order valence-corrected chi connectivity index (χ0v) is 16.8. The highest BCUT2D eigenvalue weighted by Gasteiger charge is 2.26. The number of carbonyl (C=O) groups excluding carboxylic acids is 2. The van der Waals surface area contributed by atoms with E-state index in [2.05, 4.69) is 0 Å². The van der Waals surface area contributed by atoms with Crippen molar-refractivity contribution in [2.75, 3.05) is 44.7 Å². The number of furan rings is 1. The van der Waals surface area contributed by atoms with Gasteiger partial charge in [-0.1, -0.05) is 0 Å². The van der Waals surface area contributed by atoms with Crippen molar-refractivity contribution in [1.29, 1.82) is 0 Å². The molecule has 9 heteroatoms. The van der Waals surface area contributed by atoms with Gasteiger partial charge in [-0.25, -0.2) is 0 Å². The Morgan fingerprint density at radius 3 is 2.28 bits per heavy atom. The molecule has 2 amide bonds. The molecule has 0 saturated carbocycles. The number of non-ortho nitro benzene ring substituents is 1. The maximum atomic E-state index is 12.7. The molecule has 1 aromatic carbocycles. The molecule has 0 unspecified atom stereocenters. The van der Waals surface area contributed by atoms with Crippen LogP contribution in [0.2, 0.25) is 0 Å². The molecule has 0 atom stereocenters. The third-order valence-electron chi connectivity index (χ3n) is 5.11. The van der Waals surface area contributed by atoms with E-state index in [0.717, 1.165) is 0 Å². The van der Waals surface area contributed by atoms with Gasteiger partial charge in [-0.05, 0) is 32.0 Å². The van der Waals surface area contributed by atoms with Crippen molar-refractivity contribution >= 4 is 23.2 Å².